The van der Waals surface area contributed by atoms with Crippen molar-refractivity contribution >= 4 is 39.2 Å². The summed E-state index contributed by atoms with van der Waals surface area (Å²) in [6.07, 6.45) is 5.86. The van der Waals surface area contributed by atoms with Crippen LogP contribution < -0.4 is 5.56 Å². The molecule has 3 rings (SSSR count). The predicted octanol–water partition coefficient (Wildman–Crippen LogP) is 3.38. The molecule has 0 N–H and O–H groups in total. The summed E-state index contributed by atoms with van der Waals surface area (Å²) in [6, 6.07) is 2.13. The molecule has 1 aliphatic rings. The van der Waals surface area contributed by atoms with E-state index in [9.17, 15) is 14.9 Å². The van der Waals surface area contributed by atoms with Crippen LogP contribution in [0.2, 0.25) is 0 Å². The number of rotatable bonds is 6. The number of hydrogen-bond donors (Lipinski definition) is 0. The van der Waals surface area contributed by atoms with Gasteiger partial charge in [-0.1, -0.05) is 17.8 Å². The van der Waals surface area contributed by atoms with Crippen LogP contribution in [0.25, 0.3) is 10.2 Å². The lowest BCUT2D eigenvalue weighted by molar-refractivity contribution is -0.130. The van der Waals surface area contributed by atoms with Gasteiger partial charge in [0, 0.05) is 18.5 Å². The molecule has 0 saturated heterocycles. The number of thioether (sulfide) groups is 1. The minimum absolute atomic E-state index is 0.0510. The molecule has 8 heteroatoms. The molecule has 0 bridgehead atoms. The second-order valence-corrected chi connectivity index (χ2v) is 9.43. The summed E-state index contributed by atoms with van der Waals surface area (Å²) in [6.45, 7) is 7.50. The Morgan fingerprint density at radius 3 is 2.86 bits per heavy atom. The van der Waals surface area contributed by atoms with Crippen LogP contribution in [0.1, 0.15) is 37.1 Å². The molecule has 6 nitrogen and oxygen atoms in total. The average Bonchev–Trinajstić information content (AvgIpc) is 3.06. The Labute approximate surface area is 172 Å². The summed E-state index contributed by atoms with van der Waals surface area (Å²) in [5, 5.41) is 10.5. The van der Waals surface area contributed by atoms with E-state index in [1.165, 1.54) is 21.5 Å². The van der Waals surface area contributed by atoms with E-state index in [1.807, 2.05) is 0 Å². The highest BCUT2D eigenvalue weighted by Gasteiger charge is 2.28. The molecule has 28 heavy (non-hydrogen) atoms. The molecule has 0 atom stereocenters. The largest absolute Gasteiger partial charge is 0.327 e. The molecule has 1 aliphatic carbocycles. The lowest BCUT2D eigenvalue weighted by Crippen LogP contribution is -2.44. The Kier molecular flexibility index (Phi) is 5.96. The maximum Gasteiger partial charge on any atom is 0.263 e. The molecule has 0 aliphatic heterocycles. The van der Waals surface area contributed by atoms with Crippen molar-refractivity contribution in [3.63, 3.8) is 0 Å². The molecule has 0 unspecified atom stereocenters. The van der Waals surface area contributed by atoms with E-state index in [0.29, 0.717) is 11.7 Å². The number of amides is 1. The molecule has 0 spiro atoms. The van der Waals surface area contributed by atoms with E-state index in [1.54, 1.807) is 42.9 Å². The number of fused-ring (bicyclic) bond motifs is 3. The fourth-order valence-corrected chi connectivity index (χ4v) is 5.45. The van der Waals surface area contributed by atoms with E-state index in [-0.39, 0.29) is 17.2 Å². The zero-order chi connectivity index (χ0) is 20.5. The van der Waals surface area contributed by atoms with E-state index in [4.69, 9.17) is 4.98 Å². The fraction of sp³-hybridized carbons (Fsp3) is 0.500. The molecule has 0 radical (unpaired) electrons. The predicted molar refractivity (Wildman–Crippen MR) is 114 cm³/mol. The molecule has 0 fully saturated rings. The van der Waals surface area contributed by atoms with Crippen molar-refractivity contribution in [1.29, 1.82) is 5.26 Å². The molecule has 1 amide bonds. The van der Waals surface area contributed by atoms with Crippen molar-refractivity contribution in [2.75, 3.05) is 12.8 Å². The molecule has 0 aromatic carbocycles. The van der Waals surface area contributed by atoms with Gasteiger partial charge in [0.05, 0.1) is 17.2 Å². The Morgan fingerprint density at radius 2 is 2.18 bits per heavy atom. The summed E-state index contributed by atoms with van der Waals surface area (Å²) in [5.41, 5.74) is 0.220. The van der Waals surface area contributed by atoms with Gasteiger partial charge in [0.1, 0.15) is 10.4 Å². The number of carbonyl (C=O) groups is 1. The Morgan fingerprint density at radius 1 is 1.46 bits per heavy atom. The van der Waals surface area contributed by atoms with Crippen LogP contribution in [0.5, 0.6) is 0 Å². The van der Waals surface area contributed by atoms with Crippen molar-refractivity contribution in [2.45, 2.75) is 56.8 Å². The van der Waals surface area contributed by atoms with Gasteiger partial charge >= 0.3 is 0 Å². The lowest BCUT2D eigenvalue weighted by Gasteiger charge is -2.29. The topological polar surface area (TPSA) is 79.0 Å². The maximum atomic E-state index is 13.2. The number of nitriles is 1. The molecule has 0 saturated carbocycles. The van der Waals surface area contributed by atoms with Gasteiger partial charge in [-0.25, -0.2) is 4.98 Å². The number of nitrogens with zero attached hydrogens (tertiary/aromatic N) is 4. The highest BCUT2D eigenvalue weighted by Crippen LogP contribution is 2.34. The summed E-state index contributed by atoms with van der Waals surface area (Å²) in [4.78, 5) is 33.9. The number of aromatic nitrogens is 2. The third-order valence-corrected chi connectivity index (χ3v) is 7.31. The van der Waals surface area contributed by atoms with Gasteiger partial charge in [-0.2, -0.15) is 5.26 Å². The minimum Gasteiger partial charge on any atom is -0.327 e. The second kappa shape index (κ2) is 8.10. The van der Waals surface area contributed by atoms with E-state index in [2.05, 4.69) is 12.6 Å². The number of allylic oxidation sites excluding steroid dienone is 1. The molecule has 148 valence electrons. The van der Waals surface area contributed by atoms with Crippen molar-refractivity contribution in [1.82, 2.24) is 14.5 Å². The van der Waals surface area contributed by atoms with E-state index in [0.717, 1.165) is 41.5 Å². The molecular formula is C20H24N4O2S2. The zero-order valence-corrected chi connectivity index (χ0v) is 18.1. The summed E-state index contributed by atoms with van der Waals surface area (Å²) >= 11 is 2.84. The first kappa shape index (κ1) is 20.6. The van der Waals surface area contributed by atoms with Gasteiger partial charge in [0.15, 0.2) is 5.16 Å². The maximum absolute atomic E-state index is 13.2. The van der Waals surface area contributed by atoms with Crippen LogP contribution >= 0.6 is 23.1 Å². The number of thiophene rings is 1. The first-order valence-electron chi connectivity index (χ1n) is 9.27. The van der Waals surface area contributed by atoms with Gasteiger partial charge in [0.25, 0.3) is 5.56 Å². The second-order valence-electron chi connectivity index (χ2n) is 7.40. The lowest BCUT2D eigenvalue weighted by atomic mass is 9.97. The van der Waals surface area contributed by atoms with Crippen LogP contribution in [0.3, 0.4) is 0 Å². The fourth-order valence-electron chi connectivity index (χ4n) is 3.23. The van der Waals surface area contributed by atoms with Crippen LogP contribution in [0.4, 0.5) is 0 Å². The highest BCUT2D eigenvalue weighted by molar-refractivity contribution is 7.99. The van der Waals surface area contributed by atoms with Gasteiger partial charge in [0.2, 0.25) is 5.91 Å². The molecule has 2 aromatic heterocycles. The monoisotopic (exact) mass is 416 g/mol. The van der Waals surface area contributed by atoms with Crippen molar-refractivity contribution < 1.29 is 4.79 Å². The van der Waals surface area contributed by atoms with Gasteiger partial charge in [-0.05, 0) is 45.1 Å². The molecular weight excluding hydrogens is 392 g/mol. The van der Waals surface area contributed by atoms with Gasteiger partial charge in [-0.15, -0.1) is 17.9 Å². The van der Waals surface area contributed by atoms with E-state index < -0.39 is 5.54 Å². The Balaban J connectivity index is 1.96. The van der Waals surface area contributed by atoms with Crippen LogP contribution in [-0.2, 0) is 24.2 Å². The number of carbonyl (C=O) groups excluding carboxylic acids is 1. The van der Waals surface area contributed by atoms with Gasteiger partial charge < -0.3 is 4.90 Å². The van der Waals surface area contributed by atoms with Crippen LogP contribution in [0.15, 0.2) is 22.6 Å². The first-order chi connectivity index (χ1) is 13.3. The molecule has 2 aromatic rings. The van der Waals surface area contributed by atoms with Gasteiger partial charge in [-0.3, -0.25) is 14.2 Å². The molecule has 2 heterocycles. The van der Waals surface area contributed by atoms with Crippen LogP contribution in [0, 0.1) is 11.3 Å². The Bertz CT molecular complexity index is 1030. The Hall–Kier alpha value is -2.11. The van der Waals surface area contributed by atoms with Crippen molar-refractivity contribution in [3.8, 4) is 6.07 Å². The normalized spacial score (nSPS) is 13.8. The summed E-state index contributed by atoms with van der Waals surface area (Å²) in [7, 11) is 1.62. The highest BCUT2D eigenvalue weighted by atomic mass is 32.2. The summed E-state index contributed by atoms with van der Waals surface area (Å²) < 4.78 is 1.60. The van der Waals surface area contributed by atoms with E-state index >= 15 is 0 Å². The quantitative estimate of drug-likeness (QED) is 0.410. The first-order valence-corrected chi connectivity index (χ1v) is 11.1. The third kappa shape index (κ3) is 3.74. The summed E-state index contributed by atoms with van der Waals surface area (Å²) in [5.74, 6) is -0.0663. The van der Waals surface area contributed by atoms with Crippen LogP contribution in [-0.4, -0.2) is 38.7 Å². The number of aryl methyl sites for hydroxylation is 2. The average molecular weight is 417 g/mol. The standard InChI is InChI=1S/C20H24N4O2S2/c1-5-10-24-18(26)16-13-8-6-7-9-14(13)28-17(16)22-19(24)27-11-15(25)23(4)20(2,3)12-21/h5H,1,6-11H2,2-4H3. The SMILES string of the molecule is C=CCn1c(SCC(=O)N(C)C(C)(C)C#N)nc2sc3c(c2c1=O)CCCC3. The van der Waals surface area contributed by atoms with Crippen molar-refractivity contribution in [3.05, 3.63) is 33.4 Å². The smallest absolute Gasteiger partial charge is 0.263 e. The third-order valence-electron chi connectivity index (χ3n) is 5.16. The number of hydrogen-bond acceptors (Lipinski definition) is 6. The minimum atomic E-state index is -0.886. The zero-order valence-electron chi connectivity index (χ0n) is 16.4. The van der Waals surface area contributed by atoms with Crippen molar-refractivity contribution in [2.24, 2.45) is 0 Å².